The summed E-state index contributed by atoms with van der Waals surface area (Å²) in [6.45, 7) is 8.67. The number of anilines is 3. The van der Waals surface area contributed by atoms with Crippen LogP contribution in [0.15, 0.2) is 60.9 Å². The number of nitrogens with zero attached hydrogens (tertiary/aromatic N) is 7. The third kappa shape index (κ3) is 4.62. The normalized spacial score (nSPS) is 14.3. The molecule has 0 unspecified atom stereocenters. The second-order valence-corrected chi connectivity index (χ2v) is 7.48. The second-order valence-electron chi connectivity index (χ2n) is 7.48. The number of benzene rings is 1. The maximum Gasteiger partial charge on any atom is 0.247 e. The minimum absolute atomic E-state index is 0.272. The zero-order chi connectivity index (χ0) is 20.1. The molecular weight excluding hydrogens is 362 g/mol. The molecule has 0 N–H and O–H groups in total. The van der Waals surface area contributed by atoms with Crippen molar-refractivity contribution in [1.29, 1.82) is 0 Å². The molecule has 7 heteroatoms. The molecule has 0 spiro atoms. The highest BCUT2D eigenvalue weighted by Gasteiger charge is 2.21. The van der Waals surface area contributed by atoms with E-state index in [4.69, 9.17) is 4.98 Å². The van der Waals surface area contributed by atoms with Crippen molar-refractivity contribution in [2.24, 2.45) is 0 Å². The highest BCUT2D eigenvalue weighted by molar-refractivity contribution is 5.46. The standard InChI is InChI=1S/C22H27N7/c1-18(2)29(17-19-8-4-3-5-9-19)22-25-21(16-24-26-22)28-14-12-27(13-15-28)20-10-6-7-11-23-20/h3-11,16,18H,12-15,17H2,1-2H3. The van der Waals surface area contributed by atoms with Gasteiger partial charge in [-0.1, -0.05) is 36.4 Å². The Morgan fingerprint density at radius 2 is 1.59 bits per heavy atom. The molecule has 0 amide bonds. The molecular formula is C22H27N7. The van der Waals surface area contributed by atoms with Gasteiger partial charge in [-0.15, -0.1) is 5.10 Å². The third-order valence-electron chi connectivity index (χ3n) is 5.19. The van der Waals surface area contributed by atoms with Crippen LogP contribution in [-0.2, 0) is 6.54 Å². The Morgan fingerprint density at radius 1 is 0.897 bits per heavy atom. The van der Waals surface area contributed by atoms with Crippen LogP contribution in [0.2, 0.25) is 0 Å². The SMILES string of the molecule is CC(C)N(Cc1ccccc1)c1nncc(N2CCN(c3ccccn3)CC2)n1. The Kier molecular flexibility index (Phi) is 5.84. The van der Waals surface area contributed by atoms with E-state index in [-0.39, 0.29) is 6.04 Å². The zero-order valence-electron chi connectivity index (χ0n) is 17.0. The van der Waals surface area contributed by atoms with Gasteiger partial charge in [-0.3, -0.25) is 0 Å². The maximum atomic E-state index is 4.86. The quantitative estimate of drug-likeness (QED) is 0.642. The van der Waals surface area contributed by atoms with Gasteiger partial charge in [-0.05, 0) is 31.5 Å². The average molecular weight is 390 g/mol. The Hall–Kier alpha value is -3.22. The second kappa shape index (κ2) is 8.86. The average Bonchev–Trinajstić information content (AvgIpc) is 2.79. The highest BCUT2D eigenvalue weighted by Crippen LogP contribution is 2.20. The summed E-state index contributed by atoms with van der Waals surface area (Å²) in [6.07, 6.45) is 3.61. The molecule has 4 rings (SSSR count). The molecule has 1 aliphatic heterocycles. The van der Waals surface area contributed by atoms with Crippen LogP contribution in [0.4, 0.5) is 17.6 Å². The number of hydrogen-bond donors (Lipinski definition) is 0. The topological polar surface area (TPSA) is 61.3 Å². The third-order valence-corrected chi connectivity index (χ3v) is 5.19. The molecule has 3 aromatic rings. The summed E-state index contributed by atoms with van der Waals surface area (Å²) in [5.41, 5.74) is 1.24. The largest absolute Gasteiger partial charge is 0.353 e. The summed E-state index contributed by atoms with van der Waals surface area (Å²) in [6, 6.07) is 16.7. The molecule has 1 fully saturated rings. The highest BCUT2D eigenvalue weighted by atomic mass is 15.4. The van der Waals surface area contributed by atoms with Crippen molar-refractivity contribution in [1.82, 2.24) is 20.2 Å². The van der Waals surface area contributed by atoms with E-state index in [1.165, 1.54) is 5.56 Å². The summed E-state index contributed by atoms with van der Waals surface area (Å²) in [7, 11) is 0. The van der Waals surface area contributed by atoms with Crippen molar-refractivity contribution in [2.75, 3.05) is 40.9 Å². The Labute approximate surface area is 172 Å². The fourth-order valence-electron chi connectivity index (χ4n) is 3.53. The van der Waals surface area contributed by atoms with Gasteiger partial charge in [0, 0.05) is 45.0 Å². The molecule has 0 saturated carbocycles. The van der Waals surface area contributed by atoms with Crippen molar-refractivity contribution in [2.45, 2.75) is 26.4 Å². The molecule has 1 saturated heterocycles. The summed E-state index contributed by atoms with van der Waals surface area (Å²) in [4.78, 5) is 16.1. The van der Waals surface area contributed by atoms with Crippen LogP contribution in [-0.4, -0.2) is 52.4 Å². The smallest absolute Gasteiger partial charge is 0.247 e. The number of pyridine rings is 1. The molecule has 0 radical (unpaired) electrons. The van der Waals surface area contributed by atoms with E-state index < -0.39 is 0 Å². The van der Waals surface area contributed by atoms with Crippen molar-refractivity contribution in [3.05, 3.63) is 66.5 Å². The van der Waals surface area contributed by atoms with Crippen LogP contribution < -0.4 is 14.7 Å². The lowest BCUT2D eigenvalue weighted by atomic mass is 10.2. The molecule has 150 valence electrons. The van der Waals surface area contributed by atoms with Crippen LogP contribution in [0.1, 0.15) is 19.4 Å². The van der Waals surface area contributed by atoms with Gasteiger partial charge in [-0.2, -0.15) is 10.1 Å². The molecule has 29 heavy (non-hydrogen) atoms. The number of piperazine rings is 1. The summed E-state index contributed by atoms with van der Waals surface area (Å²) >= 11 is 0. The van der Waals surface area contributed by atoms with E-state index in [2.05, 4.69) is 74.1 Å². The van der Waals surface area contributed by atoms with Crippen LogP contribution in [0.25, 0.3) is 0 Å². The van der Waals surface area contributed by atoms with E-state index in [9.17, 15) is 0 Å². The minimum Gasteiger partial charge on any atom is -0.353 e. The van der Waals surface area contributed by atoms with E-state index >= 15 is 0 Å². The van der Waals surface area contributed by atoms with Crippen LogP contribution in [0.3, 0.4) is 0 Å². The Morgan fingerprint density at radius 3 is 2.24 bits per heavy atom. The molecule has 3 heterocycles. The van der Waals surface area contributed by atoms with Crippen molar-refractivity contribution in [3.63, 3.8) is 0 Å². The van der Waals surface area contributed by atoms with Gasteiger partial charge >= 0.3 is 0 Å². The molecule has 1 aromatic carbocycles. The van der Waals surface area contributed by atoms with E-state index in [0.717, 1.165) is 44.4 Å². The first-order valence-electron chi connectivity index (χ1n) is 10.1. The first-order valence-corrected chi connectivity index (χ1v) is 10.1. The van der Waals surface area contributed by atoms with Crippen molar-refractivity contribution in [3.8, 4) is 0 Å². The monoisotopic (exact) mass is 389 g/mol. The number of rotatable bonds is 6. The van der Waals surface area contributed by atoms with Gasteiger partial charge in [0.2, 0.25) is 5.95 Å². The van der Waals surface area contributed by atoms with E-state index in [1.807, 2.05) is 24.4 Å². The van der Waals surface area contributed by atoms with Crippen LogP contribution in [0.5, 0.6) is 0 Å². The minimum atomic E-state index is 0.272. The lowest BCUT2D eigenvalue weighted by molar-refractivity contribution is 0.626. The Bertz CT molecular complexity index is 893. The zero-order valence-corrected chi connectivity index (χ0v) is 17.0. The van der Waals surface area contributed by atoms with Gasteiger partial charge in [0.15, 0.2) is 5.82 Å². The van der Waals surface area contributed by atoms with Gasteiger partial charge in [-0.25, -0.2) is 4.98 Å². The van der Waals surface area contributed by atoms with Crippen LogP contribution in [0, 0.1) is 0 Å². The van der Waals surface area contributed by atoms with Gasteiger partial charge < -0.3 is 14.7 Å². The summed E-state index contributed by atoms with van der Waals surface area (Å²) in [5, 5.41) is 8.59. The maximum absolute atomic E-state index is 4.86. The first kappa shape index (κ1) is 19.1. The predicted octanol–water partition coefficient (Wildman–Crippen LogP) is 3.01. The van der Waals surface area contributed by atoms with Crippen LogP contribution >= 0.6 is 0 Å². The predicted molar refractivity (Wildman–Crippen MR) is 116 cm³/mol. The lowest BCUT2D eigenvalue weighted by Gasteiger charge is -2.36. The fourth-order valence-corrected chi connectivity index (χ4v) is 3.53. The molecule has 0 atom stereocenters. The molecule has 0 bridgehead atoms. The summed E-state index contributed by atoms with van der Waals surface area (Å²) < 4.78 is 0. The van der Waals surface area contributed by atoms with Crippen molar-refractivity contribution >= 4 is 17.6 Å². The van der Waals surface area contributed by atoms with E-state index in [0.29, 0.717) is 5.95 Å². The fraction of sp³-hybridized carbons (Fsp3) is 0.364. The van der Waals surface area contributed by atoms with Crippen molar-refractivity contribution < 1.29 is 0 Å². The molecule has 1 aliphatic rings. The Balaban J connectivity index is 1.47. The molecule has 0 aliphatic carbocycles. The number of aromatic nitrogens is 4. The van der Waals surface area contributed by atoms with Gasteiger partial charge in [0.1, 0.15) is 5.82 Å². The van der Waals surface area contributed by atoms with Gasteiger partial charge in [0.25, 0.3) is 0 Å². The molecule has 2 aromatic heterocycles. The molecule has 7 nitrogen and oxygen atoms in total. The van der Waals surface area contributed by atoms with E-state index in [1.54, 1.807) is 6.20 Å². The summed E-state index contributed by atoms with van der Waals surface area (Å²) in [5.74, 6) is 2.59. The van der Waals surface area contributed by atoms with Gasteiger partial charge in [0.05, 0.1) is 6.20 Å². The lowest BCUT2D eigenvalue weighted by Crippen LogP contribution is -2.47. The first-order chi connectivity index (χ1) is 14.2. The number of hydrogen-bond acceptors (Lipinski definition) is 7.